The minimum absolute atomic E-state index is 0.310. The van der Waals surface area contributed by atoms with E-state index in [2.05, 4.69) is 15.3 Å². The fourth-order valence-electron chi connectivity index (χ4n) is 2.27. The number of carbonyl (C=O) groups is 1. The van der Waals surface area contributed by atoms with Crippen LogP contribution in [0.15, 0.2) is 10.9 Å². The van der Waals surface area contributed by atoms with Gasteiger partial charge in [0, 0.05) is 50.3 Å². The van der Waals surface area contributed by atoms with E-state index in [9.17, 15) is 4.79 Å². The van der Waals surface area contributed by atoms with Crippen LogP contribution in [0.1, 0.15) is 18.5 Å². The van der Waals surface area contributed by atoms with E-state index in [1.165, 1.54) is 0 Å². The van der Waals surface area contributed by atoms with Crippen molar-refractivity contribution in [2.45, 2.75) is 19.4 Å². The molecule has 0 aromatic carbocycles. The Morgan fingerprint density at radius 3 is 3.05 bits per heavy atom. The lowest BCUT2D eigenvalue weighted by Gasteiger charge is -2.21. The third-order valence-corrected chi connectivity index (χ3v) is 4.58. The van der Waals surface area contributed by atoms with Crippen LogP contribution in [0.4, 0.5) is 0 Å². The number of rotatable bonds is 5. The number of amides is 1. The van der Waals surface area contributed by atoms with Gasteiger partial charge in [-0.3, -0.25) is 9.69 Å². The molecule has 19 heavy (non-hydrogen) atoms. The Hall–Kier alpha value is -0.590. The Morgan fingerprint density at radius 1 is 1.42 bits per heavy atom. The smallest absolute Gasteiger partial charge is 0.223 e. The van der Waals surface area contributed by atoms with Crippen LogP contribution in [0.2, 0.25) is 0 Å². The standard InChI is InChI=1S/C13H21N3OS2/c1-18-8-3-13(17)16-5-2-4-15(6-7-16)9-12-10-19-11-14-12/h10-11H,2-9H2,1H3. The molecular weight excluding hydrogens is 278 g/mol. The molecule has 0 spiro atoms. The summed E-state index contributed by atoms with van der Waals surface area (Å²) in [5.41, 5.74) is 3.03. The van der Waals surface area contributed by atoms with Crippen molar-refractivity contribution in [2.75, 3.05) is 38.2 Å². The van der Waals surface area contributed by atoms with Gasteiger partial charge in [0.05, 0.1) is 11.2 Å². The first kappa shape index (κ1) is 14.8. The molecule has 1 amide bonds. The molecule has 0 atom stereocenters. The highest BCUT2D eigenvalue weighted by Crippen LogP contribution is 2.10. The third kappa shape index (κ3) is 4.78. The number of thiazole rings is 1. The van der Waals surface area contributed by atoms with Crippen LogP contribution in [0, 0.1) is 0 Å². The van der Waals surface area contributed by atoms with Crippen LogP contribution in [-0.2, 0) is 11.3 Å². The molecule has 1 fully saturated rings. The molecule has 2 rings (SSSR count). The lowest BCUT2D eigenvalue weighted by Crippen LogP contribution is -2.35. The summed E-state index contributed by atoms with van der Waals surface area (Å²) in [5.74, 6) is 1.24. The molecule has 0 N–H and O–H groups in total. The maximum absolute atomic E-state index is 12.0. The van der Waals surface area contributed by atoms with Crippen LogP contribution in [-0.4, -0.2) is 58.9 Å². The number of carbonyl (C=O) groups excluding carboxylic acids is 1. The molecule has 1 aliphatic rings. The maximum Gasteiger partial charge on any atom is 0.223 e. The summed E-state index contributed by atoms with van der Waals surface area (Å²) in [7, 11) is 0. The van der Waals surface area contributed by atoms with Crippen LogP contribution in [0.5, 0.6) is 0 Å². The molecule has 1 aromatic heterocycles. The summed E-state index contributed by atoms with van der Waals surface area (Å²) in [6.07, 6.45) is 3.79. The molecule has 4 nitrogen and oxygen atoms in total. The van der Waals surface area contributed by atoms with Crippen molar-refractivity contribution in [3.8, 4) is 0 Å². The van der Waals surface area contributed by atoms with Gasteiger partial charge in [-0.15, -0.1) is 11.3 Å². The summed E-state index contributed by atoms with van der Waals surface area (Å²) >= 11 is 3.38. The Bertz CT molecular complexity index is 383. The molecule has 1 aliphatic heterocycles. The van der Waals surface area contributed by atoms with Gasteiger partial charge in [-0.2, -0.15) is 11.8 Å². The van der Waals surface area contributed by atoms with Crippen molar-refractivity contribution < 1.29 is 4.79 Å². The van der Waals surface area contributed by atoms with E-state index in [1.807, 2.05) is 16.7 Å². The summed E-state index contributed by atoms with van der Waals surface area (Å²) < 4.78 is 0. The van der Waals surface area contributed by atoms with Crippen LogP contribution >= 0.6 is 23.1 Å². The van der Waals surface area contributed by atoms with E-state index >= 15 is 0 Å². The molecule has 1 saturated heterocycles. The van der Waals surface area contributed by atoms with Crippen LogP contribution < -0.4 is 0 Å². The molecule has 6 heteroatoms. The second-order valence-electron chi connectivity index (χ2n) is 4.73. The monoisotopic (exact) mass is 299 g/mol. The lowest BCUT2D eigenvalue weighted by molar-refractivity contribution is -0.130. The molecule has 0 saturated carbocycles. The number of hydrogen-bond donors (Lipinski definition) is 0. The Labute approximate surface area is 123 Å². The quantitative estimate of drug-likeness (QED) is 0.832. The summed E-state index contributed by atoms with van der Waals surface area (Å²) in [5, 5.41) is 2.10. The number of hydrogen-bond acceptors (Lipinski definition) is 5. The van der Waals surface area contributed by atoms with Gasteiger partial charge < -0.3 is 4.90 Å². The molecular formula is C13H21N3OS2. The SMILES string of the molecule is CSCCC(=O)N1CCCN(Cc2cscn2)CC1. The predicted molar refractivity (Wildman–Crippen MR) is 81.6 cm³/mol. The molecule has 0 aliphatic carbocycles. The summed E-state index contributed by atoms with van der Waals surface area (Å²) in [6, 6.07) is 0. The van der Waals surface area contributed by atoms with Crippen molar-refractivity contribution >= 4 is 29.0 Å². The minimum Gasteiger partial charge on any atom is -0.341 e. The van der Waals surface area contributed by atoms with Crippen LogP contribution in [0.3, 0.4) is 0 Å². The van der Waals surface area contributed by atoms with Crippen molar-refractivity contribution in [3.05, 3.63) is 16.6 Å². The Morgan fingerprint density at radius 2 is 2.32 bits per heavy atom. The molecule has 106 valence electrons. The van der Waals surface area contributed by atoms with Gasteiger partial charge in [0.2, 0.25) is 5.91 Å². The van der Waals surface area contributed by atoms with Gasteiger partial charge in [0.1, 0.15) is 0 Å². The van der Waals surface area contributed by atoms with Crippen molar-refractivity contribution in [1.82, 2.24) is 14.8 Å². The van der Waals surface area contributed by atoms with Gasteiger partial charge in [0.15, 0.2) is 0 Å². The summed E-state index contributed by atoms with van der Waals surface area (Å²) in [6.45, 7) is 4.70. The highest BCUT2D eigenvalue weighted by Gasteiger charge is 2.18. The van der Waals surface area contributed by atoms with Gasteiger partial charge in [-0.05, 0) is 12.7 Å². The molecule has 0 radical (unpaired) electrons. The van der Waals surface area contributed by atoms with E-state index in [0.29, 0.717) is 12.3 Å². The summed E-state index contributed by atoms with van der Waals surface area (Å²) in [4.78, 5) is 20.8. The normalized spacial score (nSPS) is 17.4. The van der Waals surface area contributed by atoms with Crippen molar-refractivity contribution in [2.24, 2.45) is 0 Å². The van der Waals surface area contributed by atoms with E-state index in [-0.39, 0.29) is 0 Å². The largest absolute Gasteiger partial charge is 0.341 e. The highest BCUT2D eigenvalue weighted by molar-refractivity contribution is 7.98. The van der Waals surface area contributed by atoms with Gasteiger partial charge in [0.25, 0.3) is 0 Å². The van der Waals surface area contributed by atoms with Crippen molar-refractivity contribution in [1.29, 1.82) is 0 Å². The lowest BCUT2D eigenvalue weighted by atomic mass is 10.3. The van der Waals surface area contributed by atoms with Gasteiger partial charge in [-0.25, -0.2) is 4.98 Å². The predicted octanol–water partition coefficient (Wildman–Crippen LogP) is 1.93. The van der Waals surface area contributed by atoms with E-state index in [4.69, 9.17) is 0 Å². The number of aromatic nitrogens is 1. The fourth-order valence-corrected chi connectivity index (χ4v) is 3.20. The fraction of sp³-hybridized carbons (Fsp3) is 0.692. The second-order valence-corrected chi connectivity index (χ2v) is 6.44. The minimum atomic E-state index is 0.310. The van der Waals surface area contributed by atoms with E-state index in [1.54, 1.807) is 23.1 Å². The third-order valence-electron chi connectivity index (χ3n) is 3.33. The van der Waals surface area contributed by atoms with E-state index < -0.39 is 0 Å². The second kappa shape index (κ2) is 7.87. The molecule has 0 unspecified atom stereocenters. The average Bonchev–Trinajstić information content (AvgIpc) is 2.81. The maximum atomic E-state index is 12.0. The first-order chi connectivity index (χ1) is 9.29. The zero-order valence-electron chi connectivity index (χ0n) is 11.4. The zero-order chi connectivity index (χ0) is 13.5. The first-order valence-corrected chi connectivity index (χ1v) is 8.99. The Kier molecular flexibility index (Phi) is 6.13. The average molecular weight is 299 g/mol. The first-order valence-electron chi connectivity index (χ1n) is 6.65. The zero-order valence-corrected chi connectivity index (χ0v) is 13.0. The van der Waals surface area contributed by atoms with Gasteiger partial charge in [-0.1, -0.05) is 0 Å². The van der Waals surface area contributed by atoms with Crippen molar-refractivity contribution in [3.63, 3.8) is 0 Å². The molecule has 0 bridgehead atoms. The van der Waals surface area contributed by atoms with Gasteiger partial charge >= 0.3 is 0 Å². The van der Waals surface area contributed by atoms with E-state index in [0.717, 1.165) is 50.6 Å². The molecule has 1 aromatic rings. The number of thioether (sulfide) groups is 1. The topological polar surface area (TPSA) is 36.4 Å². The van der Waals surface area contributed by atoms with Crippen LogP contribution in [0.25, 0.3) is 0 Å². The molecule has 2 heterocycles. The number of nitrogens with zero attached hydrogens (tertiary/aromatic N) is 3. The Balaban J connectivity index is 1.79. The highest BCUT2D eigenvalue weighted by atomic mass is 32.2.